The molecule has 1 amide bonds. The van der Waals surface area contributed by atoms with E-state index in [2.05, 4.69) is 20.2 Å². The van der Waals surface area contributed by atoms with E-state index in [1.54, 1.807) is 35.5 Å². The van der Waals surface area contributed by atoms with Crippen molar-refractivity contribution in [2.24, 2.45) is 17.6 Å². The molecular formula is C29H28ClN9O2. The van der Waals surface area contributed by atoms with Gasteiger partial charge in [-0.1, -0.05) is 17.7 Å². The third-order valence-corrected chi connectivity index (χ3v) is 8.19. The molecule has 1 aliphatic heterocycles. The number of carbonyl (C=O) groups is 1. The number of halogens is 1. The maximum absolute atomic E-state index is 13.4. The van der Waals surface area contributed by atoms with Gasteiger partial charge in [0.1, 0.15) is 6.10 Å². The Morgan fingerprint density at radius 1 is 1.12 bits per heavy atom. The summed E-state index contributed by atoms with van der Waals surface area (Å²) in [6.07, 6.45) is 6.69. The Morgan fingerprint density at radius 2 is 1.88 bits per heavy atom. The number of benzene rings is 1. The van der Waals surface area contributed by atoms with Crippen LogP contribution in [0, 0.1) is 18.8 Å². The molecule has 1 saturated carbocycles. The minimum Gasteiger partial charge on any atom is -0.474 e. The van der Waals surface area contributed by atoms with Crippen LogP contribution in [0.2, 0.25) is 5.02 Å². The summed E-state index contributed by atoms with van der Waals surface area (Å²) in [4.78, 5) is 28.4. The van der Waals surface area contributed by atoms with Crippen LogP contribution in [0.1, 0.15) is 35.5 Å². The number of fused-ring (bicyclic) bond motifs is 2. The third-order valence-electron chi connectivity index (χ3n) is 7.86. The number of hydrogen-bond donors (Lipinski definition) is 1. The lowest BCUT2D eigenvalue weighted by atomic mass is 9.96. The zero-order valence-electron chi connectivity index (χ0n) is 22.8. The van der Waals surface area contributed by atoms with Gasteiger partial charge in [-0.3, -0.25) is 4.79 Å². The Kier molecular flexibility index (Phi) is 5.84. The normalized spacial score (nSPS) is 19.9. The summed E-state index contributed by atoms with van der Waals surface area (Å²) in [5.41, 5.74) is 8.78. The van der Waals surface area contributed by atoms with E-state index in [-0.39, 0.29) is 23.8 Å². The first-order chi connectivity index (χ1) is 19.7. The SMILES string of the molecule is Cc1nn(-c2ncccn2)cc1C(=O)N1C[C@@H]2C(Oc3cc(C(C)(C)N)cc(-n4ncc5c(Cl)cccc54)n3)[C@@H]2C1. The maximum Gasteiger partial charge on any atom is 0.257 e. The van der Waals surface area contributed by atoms with Crippen molar-refractivity contribution in [2.45, 2.75) is 32.4 Å². The highest BCUT2D eigenvalue weighted by molar-refractivity contribution is 6.35. The molecule has 0 radical (unpaired) electrons. The predicted molar refractivity (Wildman–Crippen MR) is 152 cm³/mol. The molecule has 12 heteroatoms. The van der Waals surface area contributed by atoms with Crippen molar-refractivity contribution < 1.29 is 9.53 Å². The van der Waals surface area contributed by atoms with Gasteiger partial charge in [-0.05, 0) is 50.6 Å². The maximum atomic E-state index is 13.4. The molecule has 1 saturated heterocycles. The topological polar surface area (TPSA) is 130 Å². The van der Waals surface area contributed by atoms with E-state index in [1.807, 2.05) is 56.0 Å². The average Bonchev–Trinajstić information content (AvgIpc) is 3.40. The van der Waals surface area contributed by atoms with Crippen molar-refractivity contribution in [3.05, 3.63) is 83.0 Å². The molecule has 208 valence electrons. The number of likely N-dealkylation sites (tertiary alicyclic amines) is 1. The minimum atomic E-state index is -0.619. The molecule has 2 fully saturated rings. The minimum absolute atomic E-state index is 0.0270. The number of ether oxygens (including phenoxy) is 1. The second-order valence-electron chi connectivity index (χ2n) is 11.2. The molecule has 3 atom stereocenters. The Balaban J connectivity index is 1.09. The molecule has 1 aliphatic carbocycles. The van der Waals surface area contributed by atoms with E-state index in [9.17, 15) is 4.79 Å². The van der Waals surface area contributed by atoms with Gasteiger partial charge in [-0.15, -0.1) is 0 Å². The lowest BCUT2D eigenvalue weighted by Gasteiger charge is -2.22. The van der Waals surface area contributed by atoms with Gasteiger partial charge in [-0.25, -0.2) is 19.3 Å². The number of nitrogens with zero attached hydrogens (tertiary/aromatic N) is 8. The third kappa shape index (κ3) is 4.51. The molecule has 0 spiro atoms. The van der Waals surface area contributed by atoms with Gasteiger partial charge in [0.05, 0.1) is 28.0 Å². The van der Waals surface area contributed by atoms with Crippen molar-refractivity contribution in [3.8, 4) is 17.6 Å². The highest BCUT2D eigenvalue weighted by atomic mass is 35.5. The summed E-state index contributed by atoms with van der Waals surface area (Å²) in [5, 5.41) is 10.5. The number of nitrogens with two attached hydrogens (primary N) is 1. The lowest BCUT2D eigenvalue weighted by molar-refractivity contribution is 0.0751. The van der Waals surface area contributed by atoms with Gasteiger partial charge in [0.25, 0.3) is 5.91 Å². The highest BCUT2D eigenvalue weighted by Crippen LogP contribution is 2.48. The second-order valence-corrected chi connectivity index (χ2v) is 11.7. The van der Waals surface area contributed by atoms with Crippen LogP contribution in [0.3, 0.4) is 0 Å². The first kappa shape index (κ1) is 25.6. The summed E-state index contributed by atoms with van der Waals surface area (Å²) < 4.78 is 9.71. The van der Waals surface area contributed by atoms with Crippen LogP contribution in [-0.4, -0.2) is 64.5 Å². The number of aryl methyl sites for hydroxylation is 1. The lowest BCUT2D eigenvalue weighted by Crippen LogP contribution is -2.33. The summed E-state index contributed by atoms with van der Waals surface area (Å²) in [7, 11) is 0. The van der Waals surface area contributed by atoms with Crippen LogP contribution in [0.4, 0.5) is 0 Å². The quantitative estimate of drug-likeness (QED) is 0.328. The first-order valence-corrected chi connectivity index (χ1v) is 13.8. The standard InChI is InChI=1S/C29H28ClN9O2/c1-16-19(15-38(36-16)28-32-8-5-9-33-28)27(40)37-13-20-21(14-37)26(20)41-25-11-17(29(2,3)31)10-24(35-25)39-23-7-4-6-22(30)18(23)12-34-39/h4-12,15,20-21,26H,13-14,31H2,1-3H3/t20-,21+,26?. The molecule has 5 aromatic rings. The van der Waals surface area contributed by atoms with Crippen molar-refractivity contribution in [1.29, 1.82) is 0 Å². The van der Waals surface area contributed by atoms with Gasteiger partial charge in [-0.2, -0.15) is 15.2 Å². The Labute approximate surface area is 240 Å². The van der Waals surface area contributed by atoms with E-state index >= 15 is 0 Å². The van der Waals surface area contributed by atoms with Crippen molar-refractivity contribution in [3.63, 3.8) is 0 Å². The van der Waals surface area contributed by atoms with Gasteiger partial charge >= 0.3 is 0 Å². The van der Waals surface area contributed by atoms with Gasteiger partial charge in [0, 0.05) is 60.5 Å². The summed E-state index contributed by atoms with van der Waals surface area (Å²) in [5.74, 6) is 1.93. The van der Waals surface area contributed by atoms with Gasteiger partial charge < -0.3 is 15.4 Å². The van der Waals surface area contributed by atoms with E-state index < -0.39 is 5.54 Å². The fourth-order valence-corrected chi connectivity index (χ4v) is 5.75. The van der Waals surface area contributed by atoms with Crippen LogP contribution < -0.4 is 10.5 Å². The molecule has 11 nitrogen and oxygen atoms in total. The molecular weight excluding hydrogens is 542 g/mol. The molecule has 7 rings (SSSR count). The number of rotatable bonds is 6. The van der Waals surface area contributed by atoms with Crippen LogP contribution in [0.15, 0.2) is 61.2 Å². The van der Waals surface area contributed by atoms with Crippen LogP contribution in [0.5, 0.6) is 5.88 Å². The van der Waals surface area contributed by atoms with Crippen molar-refractivity contribution in [1.82, 2.24) is 39.4 Å². The smallest absolute Gasteiger partial charge is 0.257 e. The van der Waals surface area contributed by atoms with Gasteiger partial charge in [0.15, 0.2) is 5.82 Å². The number of aromatic nitrogens is 7. The van der Waals surface area contributed by atoms with E-state index in [0.717, 1.165) is 16.5 Å². The number of carbonyl (C=O) groups excluding carboxylic acids is 1. The Bertz CT molecular complexity index is 1780. The number of hydrogen-bond acceptors (Lipinski definition) is 8. The van der Waals surface area contributed by atoms with Gasteiger partial charge in [0.2, 0.25) is 11.8 Å². The molecule has 2 aliphatic rings. The first-order valence-electron chi connectivity index (χ1n) is 13.4. The molecule has 4 aromatic heterocycles. The number of amides is 1. The monoisotopic (exact) mass is 569 g/mol. The van der Waals surface area contributed by atoms with E-state index in [0.29, 0.717) is 47.0 Å². The summed E-state index contributed by atoms with van der Waals surface area (Å²) >= 11 is 6.38. The van der Waals surface area contributed by atoms with Crippen LogP contribution in [0.25, 0.3) is 22.7 Å². The van der Waals surface area contributed by atoms with Crippen LogP contribution in [-0.2, 0) is 5.54 Å². The molecule has 1 unspecified atom stereocenters. The number of piperidine rings is 1. The zero-order valence-corrected chi connectivity index (χ0v) is 23.5. The Morgan fingerprint density at radius 3 is 2.61 bits per heavy atom. The second kappa shape index (κ2) is 9.35. The van der Waals surface area contributed by atoms with E-state index in [4.69, 9.17) is 27.1 Å². The largest absolute Gasteiger partial charge is 0.474 e. The van der Waals surface area contributed by atoms with E-state index in [1.165, 1.54) is 4.68 Å². The Hall–Kier alpha value is -4.35. The highest BCUT2D eigenvalue weighted by Gasteiger charge is 2.59. The molecule has 1 aromatic carbocycles. The molecule has 41 heavy (non-hydrogen) atoms. The fraction of sp³-hybridized carbons (Fsp3) is 0.310. The summed E-state index contributed by atoms with van der Waals surface area (Å²) in [6, 6.07) is 11.2. The average molecular weight is 570 g/mol. The van der Waals surface area contributed by atoms with Crippen molar-refractivity contribution >= 4 is 28.4 Å². The fourth-order valence-electron chi connectivity index (χ4n) is 5.53. The number of pyridine rings is 1. The summed E-state index contributed by atoms with van der Waals surface area (Å²) in [6.45, 7) is 6.92. The molecule has 2 N–H and O–H groups in total. The van der Waals surface area contributed by atoms with Crippen LogP contribution >= 0.6 is 11.6 Å². The predicted octanol–water partition coefficient (Wildman–Crippen LogP) is 3.70. The molecule has 5 heterocycles. The zero-order chi connectivity index (χ0) is 28.5. The van der Waals surface area contributed by atoms with Crippen molar-refractivity contribution in [2.75, 3.05) is 13.1 Å². The molecule has 0 bridgehead atoms.